The number of hydrogen-bond donors (Lipinski definition) is 3. The molecule has 0 fully saturated rings. The van der Waals surface area contributed by atoms with Crippen LogP contribution in [0.1, 0.15) is 13.8 Å². The van der Waals surface area contributed by atoms with Gasteiger partial charge in [0.2, 0.25) is 5.95 Å². The first-order valence-corrected chi connectivity index (χ1v) is 9.71. The summed E-state index contributed by atoms with van der Waals surface area (Å²) in [4.78, 5) is 13.6. The number of aliphatic hydroxyl groups is 1. The van der Waals surface area contributed by atoms with E-state index < -0.39 is 0 Å². The fourth-order valence-electron chi connectivity index (χ4n) is 2.85. The summed E-state index contributed by atoms with van der Waals surface area (Å²) in [5.41, 5.74) is 2.11. The molecule has 30 heavy (non-hydrogen) atoms. The molecule has 1 aromatic carbocycles. The van der Waals surface area contributed by atoms with E-state index >= 15 is 0 Å². The van der Waals surface area contributed by atoms with Gasteiger partial charge in [0.25, 0.3) is 0 Å². The van der Waals surface area contributed by atoms with E-state index in [0.29, 0.717) is 29.0 Å². The Morgan fingerprint density at radius 2 is 1.83 bits per heavy atom. The van der Waals surface area contributed by atoms with Crippen LogP contribution in [-0.4, -0.2) is 46.9 Å². The van der Waals surface area contributed by atoms with Gasteiger partial charge in [0.1, 0.15) is 17.3 Å². The Labute approximate surface area is 176 Å². The molecule has 0 aliphatic carbocycles. The lowest BCUT2D eigenvalue weighted by Gasteiger charge is -2.21. The van der Waals surface area contributed by atoms with E-state index in [2.05, 4.69) is 25.6 Å². The zero-order valence-electron chi connectivity index (χ0n) is 17.6. The quantitative estimate of drug-likeness (QED) is 0.491. The molecule has 1 atom stereocenters. The van der Waals surface area contributed by atoms with Crippen molar-refractivity contribution < 1.29 is 14.6 Å². The number of methoxy groups -OCH3 is 2. The topological polar surface area (TPSA) is 101 Å². The van der Waals surface area contributed by atoms with E-state index in [4.69, 9.17) is 9.47 Å². The number of benzene rings is 1. The zero-order valence-corrected chi connectivity index (χ0v) is 17.6. The van der Waals surface area contributed by atoms with Crippen LogP contribution in [0.2, 0.25) is 0 Å². The number of anilines is 3. The van der Waals surface area contributed by atoms with Crippen molar-refractivity contribution in [3.05, 3.63) is 48.7 Å². The number of hydrogen-bond acceptors (Lipinski definition) is 8. The van der Waals surface area contributed by atoms with E-state index in [1.807, 2.05) is 50.2 Å². The van der Waals surface area contributed by atoms with Gasteiger partial charge in [-0.2, -0.15) is 4.98 Å². The minimum Gasteiger partial charge on any atom is -0.497 e. The fourth-order valence-corrected chi connectivity index (χ4v) is 2.85. The molecule has 0 saturated heterocycles. The largest absolute Gasteiger partial charge is 0.497 e. The third kappa shape index (κ3) is 5.15. The first kappa shape index (κ1) is 21.3. The van der Waals surface area contributed by atoms with Crippen LogP contribution >= 0.6 is 0 Å². The Hall–Kier alpha value is -3.39. The van der Waals surface area contributed by atoms with E-state index in [-0.39, 0.29) is 18.6 Å². The van der Waals surface area contributed by atoms with Crippen LogP contribution in [0.15, 0.2) is 48.7 Å². The molecule has 0 bridgehead atoms. The van der Waals surface area contributed by atoms with E-state index in [1.165, 1.54) is 0 Å². The summed E-state index contributed by atoms with van der Waals surface area (Å²) in [6.07, 6.45) is 1.72. The maximum absolute atomic E-state index is 9.69. The Kier molecular flexibility index (Phi) is 7.03. The predicted octanol–water partition coefficient (Wildman–Crippen LogP) is 3.73. The van der Waals surface area contributed by atoms with Crippen LogP contribution < -0.4 is 20.1 Å². The summed E-state index contributed by atoms with van der Waals surface area (Å²) in [6, 6.07) is 12.8. The van der Waals surface area contributed by atoms with E-state index in [1.54, 1.807) is 26.5 Å². The second kappa shape index (κ2) is 9.89. The van der Waals surface area contributed by atoms with Crippen molar-refractivity contribution in [2.24, 2.45) is 5.92 Å². The molecule has 0 spiro atoms. The molecule has 2 aromatic heterocycles. The molecule has 0 aliphatic rings. The lowest BCUT2D eigenvalue weighted by atomic mass is 10.1. The monoisotopic (exact) mass is 409 g/mol. The van der Waals surface area contributed by atoms with Crippen molar-refractivity contribution in [1.82, 2.24) is 15.0 Å². The maximum Gasteiger partial charge on any atom is 0.225 e. The zero-order chi connectivity index (χ0) is 21.5. The van der Waals surface area contributed by atoms with Gasteiger partial charge in [-0.3, -0.25) is 4.98 Å². The van der Waals surface area contributed by atoms with Crippen LogP contribution in [0.5, 0.6) is 11.5 Å². The van der Waals surface area contributed by atoms with Gasteiger partial charge < -0.3 is 25.2 Å². The summed E-state index contributed by atoms with van der Waals surface area (Å²) in [7, 11) is 3.20. The standard InChI is InChI=1S/C22H27N5O3/c1-14(2)19(13-28)26-22-25-18(16-7-5-6-10-23-16)12-21(27-22)24-17-9-8-15(29-3)11-20(17)30-4/h5-12,14,19,28H,13H2,1-4H3,(H2,24,25,26,27)/t19-/m1/s1. The Bertz CT molecular complexity index is 966. The number of nitrogens with zero attached hydrogens (tertiary/aromatic N) is 3. The number of nitrogens with one attached hydrogen (secondary N) is 2. The van der Waals surface area contributed by atoms with Crippen molar-refractivity contribution in [3.63, 3.8) is 0 Å². The summed E-state index contributed by atoms with van der Waals surface area (Å²) in [5.74, 6) is 2.49. The number of ether oxygens (including phenoxy) is 2. The maximum atomic E-state index is 9.69. The van der Waals surface area contributed by atoms with Gasteiger partial charge >= 0.3 is 0 Å². The second-order valence-electron chi connectivity index (χ2n) is 7.05. The van der Waals surface area contributed by atoms with Gasteiger partial charge in [0.05, 0.1) is 43.9 Å². The molecule has 3 rings (SSSR count). The summed E-state index contributed by atoms with van der Waals surface area (Å²) >= 11 is 0. The fraction of sp³-hybridized carbons (Fsp3) is 0.318. The molecule has 0 amide bonds. The van der Waals surface area contributed by atoms with E-state index in [9.17, 15) is 5.11 Å². The van der Waals surface area contributed by atoms with Crippen LogP contribution in [0, 0.1) is 5.92 Å². The SMILES string of the molecule is COc1ccc(Nc2cc(-c3ccccn3)nc(N[C@H](CO)C(C)C)n2)c(OC)c1. The van der Waals surface area contributed by atoms with Gasteiger partial charge in [0.15, 0.2) is 0 Å². The Morgan fingerprint density at radius 1 is 1.00 bits per heavy atom. The van der Waals surface area contributed by atoms with Crippen LogP contribution in [0.4, 0.5) is 17.5 Å². The van der Waals surface area contributed by atoms with Crippen molar-refractivity contribution >= 4 is 17.5 Å². The molecule has 3 N–H and O–H groups in total. The van der Waals surface area contributed by atoms with Crippen LogP contribution in [-0.2, 0) is 0 Å². The third-order valence-corrected chi connectivity index (χ3v) is 4.64. The number of pyridine rings is 1. The van der Waals surface area contributed by atoms with Crippen LogP contribution in [0.3, 0.4) is 0 Å². The smallest absolute Gasteiger partial charge is 0.225 e. The lowest BCUT2D eigenvalue weighted by Crippen LogP contribution is -2.30. The third-order valence-electron chi connectivity index (χ3n) is 4.64. The van der Waals surface area contributed by atoms with Gasteiger partial charge in [-0.25, -0.2) is 4.98 Å². The molecule has 3 aromatic rings. The molecule has 0 unspecified atom stereocenters. The van der Waals surface area contributed by atoms with E-state index in [0.717, 1.165) is 11.4 Å². The summed E-state index contributed by atoms with van der Waals surface area (Å²) < 4.78 is 10.7. The molecular weight excluding hydrogens is 382 g/mol. The highest BCUT2D eigenvalue weighted by molar-refractivity contribution is 5.69. The average molecular weight is 409 g/mol. The van der Waals surface area contributed by atoms with Crippen molar-refractivity contribution in [2.45, 2.75) is 19.9 Å². The van der Waals surface area contributed by atoms with Crippen molar-refractivity contribution in [2.75, 3.05) is 31.5 Å². The minimum atomic E-state index is -0.174. The number of aliphatic hydroxyl groups excluding tert-OH is 1. The van der Waals surface area contributed by atoms with Crippen LogP contribution in [0.25, 0.3) is 11.4 Å². The summed E-state index contributed by atoms with van der Waals surface area (Å²) in [5, 5.41) is 16.2. The van der Waals surface area contributed by atoms with Gasteiger partial charge in [-0.1, -0.05) is 19.9 Å². The molecule has 158 valence electrons. The highest BCUT2D eigenvalue weighted by Gasteiger charge is 2.16. The van der Waals surface area contributed by atoms with Crippen molar-refractivity contribution in [3.8, 4) is 22.9 Å². The highest BCUT2D eigenvalue weighted by Crippen LogP contribution is 2.32. The molecule has 0 radical (unpaired) electrons. The Balaban J connectivity index is 2.00. The summed E-state index contributed by atoms with van der Waals surface area (Å²) in [6.45, 7) is 4.03. The minimum absolute atomic E-state index is 0.0239. The first-order valence-electron chi connectivity index (χ1n) is 9.71. The molecule has 8 heteroatoms. The van der Waals surface area contributed by atoms with Gasteiger partial charge in [-0.15, -0.1) is 0 Å². The first-order chi connectivity index (χ1) is 14.5. The molecule has 0 saturated carbocycles. The molecule has 2 heterocycles. The highest BCUT2D eigenvalue weighted by atomic mass is 16.5. The number of rotatable bonds is 9. The van der Waals surface area contributed by atoms with Crippen molar-refractivity contribution in [1.29, 1.82) is 0 Å². The van der Waals surface area contributed by atoms with Gasteiger partial charge in [-0.05, 0) is 30.2 Å². The molecule has 0 aliphatic heterocycles. The van der Waals surface area contributed by atoms with Gasteiger partial charge in [0, 0.05) is 18.3 Å². The average Bonchev–Trinajstić information content (AvgIpc) is 2.78. The lowest BCUT2D eigenvalue weighted by molar-refractivity contribution is 0.248. The number of aromatic nitrogens is 3. The molecular formula is C22H27N5O3. The predicted molar refractivity (Wildman–Crippen MR) is 117 cm³/mol. The second-order valence-corrected chi connectivity index (χ2v) is 7.05. The Morgan fingerprint density at radius 3 is 2.47 bits per heavy atom. The molecule has 8 nitrogen and oxygen atoms in total. The normalized spacial score (nSPS) is 11.8.